The van der Waals surface area contributed by atoms with Crippen molar-refractivity contribution in [2.45, 2.75) is 11.7 Å². The number of benzene rings is 2. The third-order valence-electron chi connectivity index (χ3n) is 3.96. The second-order valence-corrected chi connectivity index (χ2v) is 7.27. The monoisotopic (exact) mass is 427 g/mol. The summed E-state index contributed by atoms with van der Waals surface area (Å²) in [6, 6.07) is 12.8. The van der Waals surface area contributed by atoms with Crippen molar-refractivity contribution in [1.82, 2.24) is 5.32 Å². The Morgan fingerprint density at radius 2 is 2.10 bits per heavy atom. The van der Waals surface area contributed by atoms with Crippen molar-refractivity contribution in [3.05, 3.63) is 64.2 Å². The van der Waals surface area contributed by atoms with Crippen molar-refractivity contribution in [3.8, 4) is 5.75 Å². The van der Waals surface area contributed by atoms with Crippen LogP contribution in [0.15, 0.2) is 58.7 Å². The molecule has 0 spiro atoms. The molecule has 1 saturated heterocycles. The number of nitrogens with one attached hydrogen (secondary N) is 2. The fourth-order valence-corrected chi connectivity index (χ4v) is 3.43. The van der Waals surface area contributed by atoms with Crippen molar-refractivity contribution in [2.24, 2.45) is 10.2 Å². The molecule has 10 nitrogen and oxygen atoms in total. The Balaban J connectivity index is 1.55. The van der Waals surface area contributed by atoms with Crippen LogP contribution in [0.5, 0.6) is 5.75 Å². The third kappa shape index (κ3) is 5.64. The van der Waals surface area contributed by atoms with Gasteiger partial charge in [-0.25, -0.2) is 0 Å². The van der Waals surface area contributed by atoms with Crippen LogP contribution in [0, 0.1) is 10.1 Å². The first-order valence-corrected chi connectivity index (χ1v) is 9.59. The zero-order chi connectivity index (χ0) is 21.5. The molecule has 0 aromatic heterocycles. The number of rotatable bonds is 7. The van der Waals surface area contributed by atoms with Gasteiger partial charge in [-0.15, -0.1) is 5.10 Å². The molecular weight excluding hydrogens is 410 g/mol. The molecule has 1 unspecified atom stereocenters. The summed E-state index contributed by atoms with van der Waals surface area (Å²) in [5, 5.41) is 23.5. The zero-order valence-electron chi connectivity index (χ0n) is 15.8. The quantitative estimate of drug-likeness (QED) is 0.396. The molecule has 1 fully saturated rings. The lowest BCUT2D eigenvalue weighted by atomic mass is 10.2. The van der Waals surface area contributed by atoms with E-state index >= 15 is 0 Å². The molecule has 11 heteroatoms. The molecule has 2 aromatic rings. The second-order valence-electron chi connectivity index (χ2n) is 6.08. The molecule has 2 N–H and O–H groups in total. The minimum Gasteiger partial charge on any atom is -0.497 e. The lowest BCUT2D eigenvalue weighted by molar-refractivity contribution is -0.384. The Kier molecular flexibility index (Phi) is 6.75. The minimum atomic E-state index is -0.668. The Morgan fingerprint density at radius 1 is 1.33 bits per heavy atom. The third-order valence-corrected chi connectivity index (χ3v) is 5.03. The second kappa shape index (κ2) is 9.65. The smallest absolute Gasteiger partial charge is 0.271 e. The normalized spacial score (nSPS) is 17.2. The number of non-ortho nitro benzene ring substituents is 1. The Morgan fingerprint density at radius 3 is 2.80 bits per heavy atom. The maximum absolute atomic E-state index is 12.2. The SMILES string of the molecule is COc1ccc(C=NN=C2NC(=O)C(CC(=O)Nc3cccc([N+](=O)[O-])c3)S2)cc1. The number of carbonyl (C=O) groups is 2. The maximum Gasteiger partial charge on any atom is 0.271 e. The highest BCUT2D eigenvalue weighted by molar-refractivity contribution is 8.15. The number of anilines is 1. The van der Waals surface area contributed by atoms with Gasteiger partial charge < -0.3 is 15.4 Å². The van der Waals surface area contributed by atoms with Gasteiger partial charge in [-0.05, 0) is 35.9 Å². The van der Waals surface area contributed by atoms with Gasteiger partial charge in [-0.2, -0.15) is 5.10 Å². The number of nitrogens with zero attached hydrogens (tertiary/aromatic N) is 3. The number of methoxy groups -OCH3 is 1. The minimum absolute atomic E-state index is 0.111. The number of nitro groups is 1. The van der Waals surface area contributed by atoms with Crippen molar-refractivity contribution in [2.75, 3.05) is 12.4 Å². The summed E-state index contributed by atoms with van der Waals surface area (Å²) < 4.78 is 5.08. The lowest BCUT2D eigenvalue weighted by Gasteiger charge is -2.07. The van der Waals surface area contributed by atoms with Gasteiger partial charge in [0.05, 0.1) is 18.2 Å². The molecule has 30 heavy (non-hydrogen) atoms. The largest absolute Gasteiger partial charge is 0.497 e. The first kappa shape index (κ1) is 21.0. The molecule has 1 atom stereocenters. The van der Waals surface area contributed by atoms with Crippen LogP contribution >= 0.6 is 11.8 Å². The summed E-state index contributed by atoms with van der Waals surface area (Å²) in [6.45, 7) is 0. The molecule has 1 aliphatic heterocycles. The predicted octanol–water partition coefficient (Wildman–Crippen LogP) is 2.55. The van der Waals surface area contributed by atoms with Crippen LogP contribution in [-0.4, -0.2) is 40.5 Å². The molecule has 1 aliphatic rings. The Bertz CT molecular complexity index is 1020. The number of hydrogen-bond acceptors (Lipinski definition) is 8. The number of ether oxygens (including phenoxy) is 1. The molecular formula is C19H17N5O5S. The summed E-state index contributed by atoms with van der Waals surface area (Å²) in [5.74, 6) is -0.0676. The van der Waals surface area contributed by atoms with Gasteiger partial charge in [0.1, 0.15) is 11.0 Å². The first-order chi connectivity index (χ1) is 14.4. The van der Waals surface area contributed by atoms with Gasteiger partial charge in [0, 0.05) is 24.2 Å². The van der Waals surface area contributed by atoms with E-state index in [2.05, 4.69) is 20.8 Å². The highest BCUT2D eigenvalue weighted by atomic mass is 32.2. The van der Waals surface area contributed by atoms with Gasteiger partial charge in [0.25, 0.3) is 5.69 Å². The van der Waals surface area contributed by atoms with Crippen LogP contribution in [0.1, 0.15) is 12.0 Å². The van der Waals surface area contributed by atoms with Crippen molar-refractivity contribution < 1.29 is 19.2 Å². The topological polar surface area (TPSA) is 135 Å². The first-order valence-electron chi connectivity index (χ1n) is 8.71. The molecule has 1 heterocycles. The zero-order valence-corrected chi connectivity index (χ0v) is 16.6. The molecule has 154 valence electrons. The number of carbonyl (C=O) groups excluding carboxylic acids is 2. The van der Waals surface area contributed by atoms with E-state index in [9.17, 15) is 19.7 Å². The van der Waals surface area contributed by atoms with Crippen LogP contribution < -0.4 is 15.4 Å². The molecule has 0 saturated carbocycles. The molecule has 0 aliphatic carbocycles. The molecule has 0 bridgehead atoms. The van der Waals surface area contributed by atoms with Gasteiger partial charge in [-0.3, -0.25) is 19.7 Å². The van der Waals surface area contributed by atoms with E-state index in [0.717, 1.165) is 23.1 Å². The van der Waals surface area contributed by atoms with E-state index in [1.165, 1.54) is 30.5 Å². The van der Waals surface area contributed by atoms with Crippen LogP contribution in [0.2, 0.25) is 0 Å². The number of thioether (sulfide) groups is 1. The average molecular weight is 427 g/mol. The molecule has 2 aromatic carbocycles. The van der Waals surface area contributed by atoms with Crippen molar-refractivity contribution >= 4 is 46.3 Å². The summed E-state index contributed by atoms with van der Waals surface area (Å²) in [7, 11) is 1.58. The lowest BCUT2D eigenvalue weighted by Crippen LogP contribution is -2.28. The van der Waals surface area contributed by atoms with Crippen molar-refractivity contribution in [1.29, 1.82) is 0 Å². The summed E-state index contributed by atoms with van der Waals surface area (Å²) >= 11 is 1.09. The highest BCUT2D eigenvalue weighted by Gasteiger charge is 2.32. The highest BCUT2D eigenvalue weighted by Crippen LogP contribution is 2.24. The van der Waals surface area contributed by atoms with E-state index in [1.807, 2.05) is 12.1 Å². The number of amidine groups is 1. The van der Waals surface area contributed by atoms with Crippen LogP contribution in [0.25, 0.3) is 0 Å². The Hall–Kier alpha value is -3.73. The van der Waals surface area contributed by atoms with E-state index in [-0.39, 0.29) is 28.9 Å². The van der Waals surface area contributed by atoms with Gasteiger partial charge in [0.15, 0.2) is 5.17 Å². The van der Waals surface area contributed by atoms with Crippen LogP contribution in [0.3, 0.4) is 0 Å². The van der Waals surface area contributed by atoms with Gasteiger partial charge in [0.2, 0.25) is 11.8 Å². The van der Waals surface area contributed by atoms with Gasteiger partial charge in [-0.1, -0.05) is 17.8 Å². The number of hydrogen-bond donors (Lipinski definition) is 2. The molecule has 2 amide bonds. The van der Waals surface area contributed by atoms with Crippen LogP contribution in [0.4, 0.5) is 11.4 Å². The number of nitro benzene ring substituents is 1. The van der Waals surface area contributed by atoms with E-state index in [0.29, 0.717) is 0 Å². The summed E-state index contributed by atoms with van der Waals surface area (Å²) in [4.78, 5) is 34.5. The fourth-order valence-electron chi connectivity index (χ4n) is 2.50. The van der Waals surface area contributed by atoms with E-state index in [1.54, 1.807) is 19.2 Å². The standard InChI is InChI=1S/C19H17N5O5S/c1-29-15-7-5-12(6-8-15)11-20-23-19-22-18(26)16(30-19)10-17(25)21-13-3-2-4-14(9-13)24(27)28/h2-9,11,16H,10H2,1H3,(H,21,25)(H,22,23,26). The molecule has 0 radical (unpaired) electrons. The molecule has 3 rings (SSSR count). The maximum atomic E-state index is 12.2. The number of amides is 2. The Labute approximate surface area is 175 Å². The summed E-state index contributed by atoms with van der Waals surface area (Å²) in [5.41, 5.74) is 0.961. The summed E-state index contributed by atoms with van der Waals surface area (Å²) in [6.07, 6.45) is 1.42. The van der Waals surface area contributed by atoms with E-state index in [4.69, 9.17) is 4.74 Å². The predicted molar refractivity (Wildman–Crippen MR) is 114 cm³/mol. The average Bonchev–Trinajstić information content (AvgIpc) is 3.07. The van der Waals surface area contributed by atoms with Crippen LogP contribution in [-0.2, 0) is 9.59 Å². The van der Waals surface area contributed by atoms with Crippen molar-refractivity contribution in [3.63, 3.8) is 0 Å². The van der Waals surface area contributed by atoms with E-state index < -0.39 is 16.1 Å². The fraction of sp³-hybridized carbons (Fsp3) is 0.158. The van der Waals surface area contributed by atoms with Gasteiger partial charge >= 0.3 is 0 Å².